The Hall–Kier alpha value is -3.47. The zero-order valence-corrected chi connectivity index (χ0v) is 18.5. The molecular formula is C22H21F2NO7S. The third kappa shape index (κ3) is 7.28. The molecule has 176 valence electrons. The first-order valence-electron chi connectivity index (χ1n) is 9.74. The minimum Gasteiger partial charge on any atom is -0.480 e. The molecule has 2 aromatic rings. The number of benzene rings is 2. The van der Waals surface area contributed by atoms with Crippen molar-refractivity contribution >= 4 is 34.9 Å². The molecule has 1 atom stereocenters. The molecule has 1 amide bonds. The Morgan fingerprint density at radius 3 is 2.33 bits per heavy atom. The molecule has 8 nitrogen and oxygen atoms in total. The minimum atomic E-state index is -1.36. The lowest BCUT2D eigenvalue weighted by Gasteiger charge is -2.15. The number of amides is 1. The molecule has 0 bridgehead atoms. The third-order valence-electron chi connectivity index (χ3n) is 4.14. The molecule has 2 aromatic carbocycles. The van der Waals surface area contributed by atoms with Crippen LogP contribution in [0.4, 0.5) is 13.6 Å². The first-order valence-corrected chi connectivity index (χ1v) is 10.7. The van der Waals surface area contributed by atoms with Crippen LogP contribution in [0.1, 0.15) is 30.6 Å². The van der Waals surface area contributed by atoms with Crippen molar-refractivity contribution in [2.75, 3.05) is 12.4 Å². The van der Waals surface area contributed by atoms with Crippen LogP contribution in [0, 0.1) is 11.6 Å². The van der Waals surface area contributed by atoms with Crippen LogP contribution in [0.15, 0.2) is 36.4 Å². The lowest BCUT2D eigenvalue weighted by atomic mass is 10.0. The zero-order chi connectivity index (χ0) is 24.5. The lowest BCUT2D eigenvalue weighted by Crippen LogP contribution is -2.41. The summed E-state index contributed by atoms with van der Waals surface area (Å²) >= 11 is 0.423. The standard InChI is InChI=1S/C22H21F2NO7S/c1-3-10-31-21(29)18-17(32-22(30)33-11-16(20(27)28)25-12(2)26)9-8-15(19(18)24)13-4-6-14(23)7-5-13/h4-9,16H,3,10-11H2,1-2H3,(H,25,26)(H,27,28)/t16-/m0/s1. The van der Waals surface area contributed by atoms with Crippen molar-refractivity contribution in [2.45, 2.75) is 26.3 Å². The summed E-state index contributed by atoms with van der Waals surface area (Å²) in [5.74, 6) is -5.36. The summed E-state index contributed by atoms with van der Waals surface area (Å²) in [5.41, 5.74) is -0.385. The van der Waals surface area contributed by atoms with Gasteiger partial charge in [0, 0.05) is 18.2 Å². The predicted octanol–water partition coefficient (Wildman–Crippen LogP) is 4.02. The number of hydrogen-bond donors (Lipinski definition) is 2. The highest BCUT2D eigenvalue weighted by atomic mass is 32.2. The monoisotopic (exact) mass is 481 g/mol. The van der Waals surface area contributed by atoms with Gasteiger partial charge in [-0.15, -0.1) is 0 Å². The second kappa shape index (κ2) is 12.0. The molecule has 0 fully saturated rings. The van der Waals surface area contributed by atoms with E-state index in [9.17, 15) is 23.6 Å². The van der Waals surface area contributed by atoms with Gasteiger partial charge in [0.2, 0.25) is 5.91 Å². The van der Waals surface area contributed by atoms with Crippen LogP contribution in [0.25, 0.3) is 11.1 Å². The number of hydrogen-bond acceptors (Lipinski definition) is 7. The number of aliphatic carboxylic acids is 1. The number of carboxylic acids is 1. The molecule has 0 aliphatic rings. The van der Waals surface area contributed by atoms with Crippen molar-refractivity contribution in [1.82, 2.24) is 5.32 Å². The number of esters is 1. The second-order valence-electron chi connectivity index (χ2n) is 6.70. The largest absolute Gasteiger partial charge is 0.480 e. The molecule has 11 heteroatoms. The Labute approximate surface area is 192 Å². The normalized spacial score (nSPS) is 11.4. The molecule has 0 heterocycles. The second-order valence-corrected chi connectivity index (χ2v) is 7.65. The van der Waals surface area contributed by atoms with Gasteiger partial charge in [-0.3, -0.25) is 4.79 Å². The van der Waals surface area contributed by atoms with Gasteiger partial charge in [-0.2, -0.15) is 0 Å². The average Bonchev–Trinajstić information content (AvgIpc) is 2.75. The molecule has 2 rings (SSSR count). The van der Waals surface area contributed by atoms with Gasteiger partial charge in [0.1, 0.15) is 29.0 Å². The summed E-state index contributed by atoms with van der Waals surface area (Å²) in [7, 11) is 0. The first-order chi connectivity index (χ1) is 15.6. The maximum absolute atomic E-state index is 15.3. The fourth-order valence-corrected chi connectivity index (χ4v) is 3.32. The fourth-order valence-electron chi connectivity index (χ4n) is 2.64. The lowest BCUT2D eigenvalue weighted by molar-refractivity contribution is -0.140. The summed E-state index contributed by atoms with van der Waals surface area (Å²) in [6, 6.07) is 5.99. The van der Waals surface area contributed by atoms with Crippen LogP contribution in [0.3, 0.4) is 0 Å². The van der Waals surface area contributed by atoms with E-state index in [1.165, 1.54) is 24.3 Å². The van der Waals surface area contributed by atoms with Crippen molar-refractivity contribution < 1.29 is 42.5 Å². The molecule has 0 saturated heterocycles. The summed E-state index contributed by atoms with van der Waals surface area (Å²) in [4.78, 5) is 47.0. The van der Waals surface area contributed by atoms with E-state index in [1.54, 1.807) is 6.92 Å². The third-order valence-corrected chi connectivity index (χ3v) is 4.96. The molecule has 33 heavy (non-hydrogen) atoms. The number of halogens is 2. The van der Waals surface area contributed by atoms with Crippen LogP contribution >= 0.6 is 11.8 Å². The van der Waals surface area contributed by atoms with Crippen LogP contribution in [-0.2, 0) is 14.3 Å². The van der Waals surface area contributed by atoms with E-state index in [2.05, 4.69) is 5.32 Å². The molecule has 0 aliphatic carbocycles. The summed E-state index contributed by atoms with van der Waals surface area (Å²) in [6.45, 7) is 2.86. The first kappa shape index (κ1) is 25.8. The van der Waals surface area contributed by atoms with E-state index in [4.69, 9.17) is 14.6 Å². The number of ether oxygens (including phenoxy) is 2. The van der Waals surface area contributed by atoms with E-state index in [0.717, 1.165) is 19.1 Å². The van der Waals surface area contributed by atoms with Crippen LogP contribution in [0.5, 0.6) is 5.75 Å². The highest BCUT2D eigenvalue weighted by Crippen LogP contribution is 2.32. The molecule has 0 spiro atoms. The molecule has 0 aliphatic heterocycles. The SMILES string of the molecule is CCCOC(=O)c1c(OC(=O)SC[C@H](NC(C)=O)C(=O)O)ccc(-c2ccc(F)cc2)c1F. The van der Waals surface area contributed by atoms with E-state index in [1.807, 2.05) is 0 Å². The number of carbonyl (C=O) groups is 4. The van der Waals surface area contributed by atoms with Gasteiger partial charge in [-0.25, -0.2) is 23.2 Å². The Morgan fingerprint density at radius 1 is 1.09 bits per heavy atom. The Balaban J connectivity index is 2.31. The predicted molar refractivity (Wildman–Crippen MR) is 116 cm³/mol. The number of rotatable bonds is 9. The summed E-state index contributed by atoms with van der Waals surface area (Å²) in [6.07, 6.45) is 0.468. The van der Waals surface area contributed by atoms with Gasteiger partial charge in [0.05, 0.1) is 6.61 Å². The average molecular weight is 481 g/mol. The van der Waals surface area contributed by atoms with Gasteiger partial charge in [0.15, 0.2) is 0 Å². The van der Waals surface area contributed by atoms with Crippen molar-refractivity contribution in [3.05, 3.63) is 53.6 Å². The Bertz CT molecular complexity index is 1040. The van der Waals surface area contributed by atoms with Crippen molar-refractivity contribution in [3.63, 3.8) is 0 Å². The van der Waals surface area contributed by atoms with Crippen molar-refractivity contribution in [2.24, 2.45) is 0 Å². The molecule has 2 N–H and O–H groups in total. The van der Waals surface area contributed by atoms with Crippen LogP contribution in [0.2, 0.25) is 0 Å². The smallest absolute Gasteiger partial charge is 0.372 e. The van der Waals surface area contributed by atoms with Gasteiger partial charge >= 0.3 is 17.2 Å². The highest BCUT2D eigenvalue weighted by molar-refractivity contribution is 8.13. The number of thioether (sulfide) groups is 1. The van der Waals surface area contributed by atoms with Crippen molar-refractivity contribution in [3.8, 4) is 16.9 Å². The van der Waals surface area contributed by atoms with Crippen LogP contribution in [-0.4, -0.2) is 46.7 Å². The van der Waals surface area contributed by atoms with E-state index in [0.29, 0.717) is 18.2 Å². The molecule has 0 saturated carbocycles. The topological polar surface area (TPSA) is 119 Å². The molecule has 0 radical (unpaired) electrons. The summed E-state index contributed by atoms with van der Waals surface area (Å²) < 4.78 is 38.6. The molecule has 0 aromatic heterocycles. The highest BCUT2D eigenvalue weighted by Gasteiger charge is 2.26. The van der Waals surface area contributed by atoms with Gasteiger partial charge < -0.3 is 19.9 Å². The Kier molecular flexibility index (Phi) is 9.34. The maximum atomic E-state index is 15.3. The Morgan fingerprint density at radius 2 is 1.76 bits per heavy atom. The van der Waals surface area contributed by atoms with Gasteiger partial charge in [-0.1, -0.05) is 19.1 Å². The van der Waals surface area contributed by atoms with E-state index < -0.39 is 52.1 Å². The fraction of sp³-hybridized carbons (Fsp3) is 0.273. The minimum absolute atomic E-state index is 0.00179. The quantitative estimate of drug-likeness (QED) is 0.516. The van der Waals surface area contributed by atoms with Gasteiger partial charge in [-0.05, 0) is 48.0 Å². The number of carboxylic acid groups (broad SMARTS) is 1. The maximum Gasteiger partial charge on any atom is 0.372 e. The number of nitrogens with one attached hydrogen (secondary N) is 1. The summed E-state index contributed by atoms with van der Waals surface area (Å²) in [5, 5.41) is 10.2. The zero-order valence-electron chi connectivity index (χ0n) is 17.7. The molecular weight excluding hydrogens is 460 g/mol. The van der Waals surface area contributed by atoms with Crippen molar-refractivity contribution in [1.29, 1.82) is 0 Å². The van der Waals surface area contributed by atoms with Gasteiger partial charge in [0.25, 0.3) is 0 Å². The van der Waals surface area contributed by atoms with Crippen LogP contribution < -0.4 is 10.1 Å². The molecule has 0 unspecified atom stereocenters. The van der Waals surface area contributed by atoms with E-state index in [-0.39, 0.29) is 23.5 Å². The number of carbonyl (C=O) groups excluding carboxylic acids is 3. The van der Waals surface area contributed by atoms with E-state index >= 15 is 4.39 Å².